The van der Waals surface area contributed by atoms with Gasteiger partial charge >= 0.3 is 0 Å². The Labute approximate surface area is 157 Å². The molecule has 0 radical (unpaired) electrons. The van der Waals surface area contributed by atoms with Gasteiger partial charge in [-0.3, -0.25) is 4.98 Å². The van der Waals surface area contributed by atoms with Crippen LogP contribution < -0.4 is 0 Å². The van der Waals surface area contributed by atoms with E-state index in [4.69, 9.17) is 4.98 Å². The third-order valence-corrected chi connectivity index (χ3v) is 6.07. The number of pyridine rings is 1. The molecule has 4 rings (SSSR count). The Balaban J connectivity index is 1.95. The van der Waals surface area contributed by atoms with Crippen molar-refractivity contribution in [1.29, 1.82) is 0 Å². The highest BCUT2D eigenvalue weighted by atomic mass is 14.7. The zero-order valence-electron chi connectivity index (χ0n) is 16.6. The van der Waals surface area contributed by atoms with Crippen molar-refractivity contribution in [1.82, 2.24) is 4.98 Å². The summed E-state index contributed by atoms with van der Waals surface area (Å²) >= 11 is 0. The third-order valence-electron chi connectivity index (χ3n) is 6.07. The van der Waals surface area contributed by atoms with Crippen LogP contribution in [-0.4, -0.2) is 4.98 Å². The summed E-state index contributed by atoms with van der Waals surface area (Å²) in [4.78, 5) is 4.91. The van der Waals surface area contributed by atoms with Crippen LogP contribution in [0.4, 0.5) is 0 Å². The summed E-state index contributed by atoms with van der Waals surface area (Å²) in [6.07, 6.45) is 11.4. The molecule has 0 spiro atoms. The van der Waals surface area contributed by atoms with Crippen LogP contribution in [0.5, 0.6) is 0 Å². The molecule has 1 heteroatoms. The van der Waals surface area contributed by atoms with Gasteiger partial charge in [-0.1, -0.05) is 69.7 Å². The van der Waals surface area contributed by atoms with Crippen LogP contribution in [0.25, 0.3) is 16.3 Å². The van der Waals surface area contributed by atoms with E-state index >= 15 is 0 Å². The molecule has 0 aliphatic heterocycles. The van der Waals surface area contributed by atoms with E-state index in [1.54, 1.807) is 0 Å². The summed E-state index contributed by atoms with van der Waals surface area (Å²) in [5.74, 6) is 1.13. The Bertz CT molecular complexity index is 948. The lowest BCUT2D eigenvalue weighted by molar-refractivity contribution is 0.591. The van der Waals surface area contributed by atoms with Gasteiger partial charge in [-0.05, 0) is 59.8 Å². The predicted molar refractivity (Wildman–Crippen MR) is 112 cm³/mol. The summed E-state index contributed by atoms with van der Waals surface area (Å²) in [5.41, 5.74) is 7.10. The molecule has 0 N–H and O–H groups in total. The molecule has 1 unspecified atom stereocenters. The van der Waals surface area contributed by atoms with E-state index in [2.05, 4.69) is 77.1 Å². The molecule has 134 valence electrons. The van der Waals surface area contributed by atoms with Crippen molar-refractivity contribution in [3.63, 3.8) is 0 Å². The number of benzene rings is 1. The van der Waals surface area contributed by atoms with Crippen LogP contribution in [0.15, 0.2) is 59.8 Å². The third kappa shape index (κ3) is 2.57. The van der Waals surface area contributed by atoms with Crippen LogP contribution in [-0.2, 0) is 5.41 Å². The predicted octanol–water partition coefficient (Wildman–Crippen LogP) is 6.85. The topological polar surface area (TPSA) is 12.9 Å². The largest absolute Gasteiger partial charge is 0.256 e. The number of hydrogen-bond acceptors (Lipinski definition) is 1. The molecule has 1 aromatic carbocycles. The smallest absolute Gasteiger partial charge is 0.0749 e. The lowest BCUT2D eigenvalue weighted by atomic mass is 9.63. The number of aromatic nitrogens is 1. The lowest BCUT2D eigenvalue weighted by Crippen LogP contribution is -2.30. The number of nitrogens with zero attached hydrogens (tertiary/aromatic N) is 1. The highest BCUT2D eigenvalue weighted by molar-refractivity contribution is 6.00. The van der Waals surface area contributed by atoms with E-state index in [1.165, 1.54) is 38.7 Å². The van der Waals surface area contributed by atoms with E-state index in [9.17, 15) is 0 Å². The maximum atomic E-state index is 4.91. The standard InChI is InChI=1S/C25H29N/c1-16(2)8-6-9-18-13-12-17(3)23-22(18)24-21-19(14-15-26-24)10-7-11-20(21)25(23,4)5/h6-8,10-12,14-16,18H,9,13H2,1-5H3. The zero-order chi connectivity index (χ0) is 18.5. The van der Waals surface area contributed by atoms with Crippen molar-refractivity contribution in [2.45, 2.75) is 52.9 Å². The van der Waals surface area contributed by atoms with Crippen molar-refractivity contribution in [3.8, 4) is 0 Å². The van der Waals surface area contributed by atoms with Crippen LogP contribution in [0.2, 0.25) is 0 Å². The van der Waals surface area contributed by atoms with Gasteiger partial charge in [0.1, 0.15) is 0 Å². The Morgan fingerprint density at radius 3 is 2.81 bits per heavy atom. The Hall–Kier alpha value is -2.15. The molecule has 0 amide bonds. The Morgan fingerprint density at radius 2 is 2.04 bits per heavy atom. The summed E-state index contributed by atoms with van der Waals surface area (Å²) in [5, 5.41) is 2.68. The van der Waals surface area contributed by atoms with Crippen molar-refractivity contribution in [3.05, 3.63) is 71.1 Å². The fourth-order valence-corrected chi connectivity index (χ4v) is 4.92. The quantitative estimate of drug-likeness (QED) is 0.555. The van der Waals surface area contributed by atoms with Crippen molar-refractivity contribution < 1.29 is 0 Å². The maximum absolute atomic E-state index is 4.91. The first-order valence-electron chi connectivity index (χ1n) is 9.88. The Morgan fingerprint density at radius 1 is 1.23 bits per heavy atom. The van der Waals surface area contributed by atoms with Gasteiger partial charge in [0.2, 0.25) is 0 Å². The first kappa shape index (κ1) is 17.3. The molecular formula is C25H29N. The monoisotopic (exact) mass is 343 g/mol. The van der Waals surface area contributed by atoms with Crippen LogP contribution in [0.1, 0.15) is 58.7 Å². The zero-order valence-corrected chi connectivity index (χ0v) is 16.6. The molecular weight excluding hydrogens is 314 g/mol. The van der Waals surface area contributed by atoms with E-state index in [-0.39, 0.29) is 5.41 Å². The van der Waals surface area contributed by atoms with Gasteiger partial charge in [0.25, 0.3) is 0 Å². The maximum Gasteiger partial charge on any atom is 0.0749 e. The minimum absolute atomic E-state index is 0.0197. The van der Waals surface area contributed by atoms with E-state index in [0.29, 0.717) is 11.8 Å². The molecule has 26 heavy (non-hydrogen) atoms. The van der Waals surface area contributed by atoms with Crippen molar-refractivity contribution in [2.24, 2.45) is 11.8 Å². The van der Waals surface area contributed by atoms with Gasteiger partial charge < -0.3 is 0 Å². The van der Waals surface area contributed by atoms with Gasteiger partial charge in [-0.15, -0.1) is 0 Å². The van der Waals surface area contributed by atoms with Crippen LogP contribution in [0, 0.1) is 11.8 Å². The average Bonchev–Trinajstić information content (AvgIpc) is 2.60. The highest BCUT2D eigenvalue weighted by Crippen LogP contribution is 2.53. The summed E-state index contributed by atoms with van der Waals surface area (Å²) in [7, 11) is 0. The number of rotatable bonds is 3. The molecule has 0 bridgehead atoms. The molecule has 0 fully saturated rings. The number of allylic oxidation sites excluding steroid dienone is 6. The van der Waals surface area contributed by atoms with Gasteiger partial charge in [-0.25, -0.2) is 0 Å². The molecule has 0 saturated heterocycles. The van der Waals surface area contributed by atoms with Crippen LogP contribution >= 0.6 is 0 Å². The molecule has 2 aliphatic rings. The first-order valence-corrected chi connectivity index (χ1v) is 9.88. The second kappa shape index (κ2) is 6.23. The van der Waals surface area contributed by atoms with Gasteiger partial charge in [0.15, 0.2) is 0 Å². The van der Waals surface area contributed by atoms with Gasteiger partial charge in [0.05, 0.1) is 5.69 Å². The van der Waals surface area contributed by atoms with Gasteiger partial charge in [-0.2, -0.15) is 0 Å². The first-order chi connectivity index (χ1) is 12.4. The second-order valence-corrected chi connectivity index (χ2v) is 8.70. The fraction of sp³-hybridized carbons (Fsp3) is 0.400. The molecule has 2 aliphatic carbocycles. The normalized spacial score (nSPS) is 21.5. The van der Waals surface area contributed by atoms with E-state index < -0.39 is 0 Å². The number of hydrogen-bond donors (Lipinski definition) is 0. The SMILES string of the molecule is CC1=CCC(CC=CC(C)C)C2=C1C(C)(C)c1cccc3ccnc2c13. The molecule has 0 saturated carbocycles. The molecule has 1 nitrogen and oxygen atoms in total. The molecule has 1 atom stereocenters. The Kier molecular flexibility index (Phi) is 4.14. The summed E-state index contributed by atoms with van der Waals surface area (Å²) in [6, 6.07) is 8.88. The van der Waals surface area contributed by atoms with E-state index in [1.807, 2.05) is 6.20 Å². The fourth-order valence-electron chi connectivity index (χ4n) is 4.92. The van der Waals surface area contributed by atoms with Crippen molar-refractivity contribution in [2.75, 3.05) is 0 Å². The van der Waals surface area contributed by atoms with Gasteiger partial charge in [0, 0.05) is 17.0 Å². The minimum atomic E-state index is 0.0197. The molecule has 2 aromatic rings. The summed E-state index contributed by atoms with van der Waals surface area (Å²) in [6.45, 7) is 11.5. The minimum Gasteiger partial charge on any atom is -0.256 e. The summed E-state index contributed by atoms with van der Waals surface area (Å²) < 4.78 is 0. The number of fused-ring (bicyclic) bond motifs is 1. The molecule has 1 aromatic heterocycles. The molecule has 1 heterocycles. The highest BCUT2D eigenvalue weighted by Gasteiger charge is 2.40. The van der Waals surface area contributed by atoms with Crippen LogP contribution in [0.3, 0.4) is 0 Å². The average molecular weight is 344 g/mol. The lowest BCUT2D eigenvalue weighted by Gasteiger charge is -2.41. The van der Waals surface area contributed by atoms with Crippen molar-refractivity contribution >= 4 is 16.3 Å². The second-order valence-electron chi connectivity index (χ2n) is 8.70. The van der Waals surface area contributed by atoms with E-state index in [0.717, 1.165) is 12.8 Å².